The molecule has 0 bridgehead atoms. The van der Waals surface area contributed by atoms with Gasteiger partial charge in [-0.3, -0.25) is 0 Å². The molecule has 0 amide bonds. The minimum atomic E-state index is -0.465. The first-order chi connectivity index (χ1) is 9.88. The molecule has 1 unspecified atom stereocenters. The zero-order chi connectivity index (χ0) is 15.6. The fourth-order valence-corrected chi connectivity index (χ4v) is 2.60. The Balaban J connectivity index is 2.17. The van der Waals surface area contributed by atoms with Crippen LogP contribution in [0.3, 0.4) is 0 Å². The van der Waals surface area contributed by atoms with Gasteiger partial charge >= 0.3 is 0 Å². The molecule has 0 spiro atoms. The SMILES string of the molecule is CC(Nc1ccc(N(C)C)cc1)c1cc(F)c(Cl)cc1Cl. The molecule has 0 aliphatic rings. The first-order valence-corrected chi connectivity index (χ1v) is 7.32. The maximum Gasteiger partial charge on any atom is 0.142 e. The van der Waals surface area contributed by atoms with Crippen molar-refractivity contribution in [2.45, 2.75) is 13.0 Å². The van der Waals surface area contributed by atoms with Crippen molar-refractivity contribution in [1.29, 1.82) is 0 Å². The molecule has 2 aromatic carbocycles. The molecule has 1 N–H and O–H groups in total. The zero-order valence-corrected chi connectivity index (χ0v) is 13.6. The van der Waals surface area contributed by atoms with Crippen molar-refractivity contribution in [1.82, 2.24) is 0 Å². The summed E-state index contributed by atoms with van der Waals surface area (Å²) in [6.07, 6.45) is 0. The lowest BCUT2D eigenvalue weighted by molar-refractivity contribution is 0.624. The molecule has 0 aliphatic carbocycles. The van der Waals surface area contributed by atoms with Crippen molar-refractivity contribution in [2.75, 3.05) is 24.3 Å². The lowest BCUT2D eigenvalue weighted by Crippen LogP contribution is -2.10. The first kappa shape index (κ1) is 15.9. The number of rotatable bonds is 4. The molecule has 5 heteroatoms. The van der Waals surface area contributed by atoms with E-state index in [2.05, 4.69) is 5.32 Å². The third-order valence-corrected chi connectivity index (χ3v) is 3.89. The van der Waals surface area contributed by atoms with E-state index >= 15 is 0 Å². The number of nitrogens with zero attached hydrogens (tertiary/aromatic N) is 1. The van der Waals surface area contributed by atoms with Gasteiger partial charge in [-0.15, -0.1) is 0 Å². The van der Waals surface area contributed by atoms with E-state index in [-0.39, 0.29) is 11.1 Å². The third-order valence-electron chi connectivity index (χ3n) is 3.27. The highest BCUT2D eigenvalue weighted by molar-refractivity contribution is 6.35. The van der Waals surface area contributed by atoms with Crippen LogP contribution in [0, 0.1) is 5.82 Å². The Kier molecular flexibility index (Phi) is 4.96. The molecule has 1 atom stereocenters. The zero-order valence-electron chi connectivity index (χ0n) is 12.1. The van der Waals surface area contributed by atoms with E-state index in [1.165, 1.54) is 12.1 Å². The predicted molar refractivity (Wildman–Crippen MR) is 89.2 cm³/mol. The van der Waals surface area contributed by atoms with E-state index < -0.39 is 5.82 Å². The molecule has 0 aromatic heterocycles. The molecular formula is C16H17Cl2FN2. The van der Waals surface area contributed by atoms with Gasteiger partial charge in [-0.2, -0.15) is 0 Å². The van der Waals surface area contributed by atoms with E-state index in [0.29, 0.717) is 10.6 Å². The van der Waals surface area contributed by atoms with E-state index in [4.69, 9.17) is 23.2 Å². The Hall–Kier alpha value is -1.45. The van der Waals surface area contributed by atoms with Gasteiger partial charge in [0, 0.05) is 30.5 Å². The van der Waals surface area contributed by atoms with Crippen molar-refractivity contribution < 1.29 is 4.39 Å². The topological polar surface area (TPSA) is 15.3 Å². The third kappa shape index (κ3) is 3.80. The van der Waals surface area contributed by atoms with Gasteiger partial charge in [0.25, 0.3) is 0 Å². The lowest BCUT2D eigenvalue weighted by Gasteiger charge is -2.19. The molecule has 2 rings (SSSR count). The van der Waals surface area contributed by atoms with Crippen molar-refractivity contribution in [3.63, 3.8) is 0 Å². The van der Waals surface area contributed by atoms with Crippen LogP contribution in [-0.4, -0.2) is 14.1 Å². The average molecular weight is 327 g/mol. The summed E-state index contributed by atoms with van der Waals surface area (Å²) >= 11 is 11.8. The van der Waals surface area contributed by atoms with Crippen LogP contribution in [0.25, 0.3) is 0 Å². The number of hydrogen-bond acceptors (Lipinski definition) is 2. The largest absolute Gasteiger partial charge is 0.378 e. The van der Waals surface area contributed by atoms with Crippen molar-refractivity contribution >= 4 is 34.6 Å². The maximum atomic E-state index is 13.6. The van der Waals surface area contributed by atoms with Gasteiger partial charge in [0.05, 0.1) is 11.1 Å². The van der Waals surface area contributed by atoms with E-state index in [9.17, 15) is 4.39 Å². The first-order valence-electron chi connectivity index (χ1n) is 6.57. The fraction of sp³-hybridized carbons (Fsp3) is 0.250. The summed E-state index contributed by atoms with van der Waals surface area (Å²) in [5.74, 6) is -0.465. The monoisotopic (exact) mass is 326 g/mol. The molecule has 0 saturated heterocycles. The number of benzene rings is 2. The number of anilines is 2. The molecule has 2 aromatic rings. The minimum absolute atomic E-state index is 0.0336. The molecule has 2 nitrogen and oxygen atoms in total. The molecule has 112 valence electrons. The summed E-state index contributed by atoms with van der Waals surface area (Å²) in [7, 11) is 3.97. The van der Waals surface area contributed by atoms with Gasteiger partial charge in [0.1, 0.15) is 5.82 Å². The lowest BCUT2D eigenvalue weighted by atomic mass is 10.1. The quantitative estimate of drug-likeness (QED) is 0.759. The Morgan fingerprint density at radius 3 is 2.24 bits per heavy atom. The van der Waals surface area contributed by atoms with Crippen LogP contribution in [-0.2, 0) is 0 Å². The number of halogens is 3. The summed E-state index contributed by atoms with van der Waals surface area (Å²) in [5.41, 5.74) is 2.73. The van der Waals surface area contributed by atoms with Crippen LogP contribution in [0.1, 0.15) is 18.5 Å². The van der Waals surface area contributed by atoms with Crippen LogP contribution in [0.4, 0.5) is 15.8 Å². The average Bonchev–Trinajstić information content (AvgIpc) is 2.43. The summed E-state index contributed by atoms with van der Waals surface area (Å²) < 4.78 is 13.6. The highest BCUT2D eigenvalue weighted by Gasteiger charge is 2.13. The second-order valence-corrected chi connectivity index (χ2v) is 5.91. The van der Waals surface area contributed by atoms with Crippen molar-refractivity contribution in [3.05, 3.63) is 57.8 Å². The summed E-state index contributed by atoms with van der Waals surface area (Å²) in [6.45, 7) is 1.93. The minimum Gasteiger partial charge on any atom is -0.378 e. The predicted octanol–water partition coefficient (Wildman–Crippen LogP) is 5.37. The van der Waals surface area contributed by atoms with Gasteiger partial charge < -0.3 is 10.2 Å². The molecule has 21 heavy (non-hydrogen) atoms. The maximum absolute atomic E-state index is 13.6. The Morgan fingerprint density at radius 1 is 1.05 bits per heavy atom. The second kappa shape index (κ2) is 6.54. The Labute approximate surface area is 134 Å². The molecule has 0 saturated carbocycles. The van der Waals surface area contributed by atoms with Crippen LogP contribution in [0.2, 0.25) is 10.0 Å². The molecule has 0 radical (unpaired) electrons. The fourth-order valence-electron chi connectivity index (χ4n) is 2.05. The van der Waals surface area contributed by atoms with E-state index in [0.717, 1.165) is 11.4 Å². The molecule has 0 aliphatic heterocycles. The standard InChI is InChI=1S/C16H17Cl2FN2/c1-10(13-8-16(19)15(18)9-14(13)17)20-11-4-6-12(7-5-11)21(2)3/h4-10,20H,1-3H3. The highest BCUT2D eigenvalue weighted by atomic mass is 35.5. The molecular weight excluding hydrogens is 310 g/mol. The highest BCUT2D eigenvalue weighted by Crippen LogP contribution is 2.30. The van der Waals surface area contributed by atoms with Crippen LogP contribution in [0.15, 0.2) is 36.4 Å². The van der Waals surface area contributed by atoms with Gasteiger partial charge in [-0.25, -0.2) is 4.39 Å². The number of hydrogen-bond donors (Lipinski definition) is 1. The summed E-state index contributed by atoms with van der Waals surface area (Å²) in [4.78, 5) is 2.03. The van der Waals surface area contributed by atoms with Crippen molar-refractivity contribution in [2.24, 2.45) is 0 Å². The summed E-state index contributed by atoms with van der Waals surface area (Å²) in [6, 6.07) is 10.7. The molecule has 0 heterocycles. The van der Waals surface area contributed by atoms with Crippen LogP contribution < -0.4 is 10.2 Å². The smallest absolute Gasteiger partial charge is 0.142 e. The van der Waals surface area contributed by atoms with Gasteiger partial charge in [-0.1, -0.05) is 23.2 Å². The number of nitrogens with one attached hydrogen (secondary N) is 1. The van der Waals surface area contributed by atoms with Crippen LogP contribution in [0.5, 0.6) is 0 Å². The van der Waals surface area contributed by atoms with E-state index in [1.807, 2.05) is 50.2 Å². The summed E-state index contributed by atoms with van der Waals surface area (Å²) in [5, 5.41) is 3.78. The molecule has 0 fully saturated rings. The van der Waals surface area contributed by atoms with E-state index in [1.54, 1.807) is 0 Å². The van der Waals surface area contributed by atoms with Gasteiger partial charge in [0.2, 0.25) is 0 Å². The van der Waals surface area contributed by atoms with Crippen molar-refractivity contribution in [3.8, 4) is 0 Å². The Morgan fingerprint density at radius 2 is 1.67 bits per heavy atom. The van der Waals surface area contributed by atoms with Gasteiger partial charge in [-0.05, 0) is 48.9 Å². The second-order valence-electron chi connectivity index (χ2n) is 5.10. The Bertz CT molecular complexity index is 627. The van der Waals surface area contributed by atoms with Gasteiger partial charge in [0.15, 0.2) is 0 Å². The van der Waals surface area contributed by atoms with Crippen LogP contribution >= 0.6 is 23.2 Å². The normalized spacial score (nSPS) is 12.1.